The number of nitrogens with zero attached hydrogens (tertiary/aromatic N) is 6. The Morgan fingerprint density at radius 2 is 1.82 bits per heavy atom. The fraction of sp³-hybridized carbons (Fsp3) is 0.316. The highest BCUT2D eigenvalue weighted by molar-refractivity contribution is 5.52. The van der Waals surface area contributed by atoms with Crippen molar-refractivity contribution in [3.05, 3.63) is 59.5 Å². The van der Waals surface area contributed by atoms with E-state index in [0.29, 0.717) is 24.3 Å². The van der Waals surface area contributed by atoms with E-state index in [2.05, 4.69) is 26.1 Å². The van der Waals surface area contributed by atoms with E-state index in [-0.39, 0.29) is 5.65 Å². The largest absolute Gasteiger partial charge is 0.452 e. The molecule has 6 nitrogen and oxygen atoms in total. The molecule has 3 aromatic rings. The number of pyridine rings is 1. The van der Waals surface area contributed by atoms with Gasteiger partial charge in [-0.3, -0.25) is 9.30 Å². The number of nitriles is 1. The Balaban J connectivity index is 1.45. The number of halogens is 3. The first-order valence-corrected chi connectivity index (χ1v) is 8.82. The van der Waals surface area contributed by atoms with Crippen LogP contribution in [-0.2, 0) is 12.7 Å². The minimum Gasteiger partial charge on any atom is -0.368 e. The van der Waals surface area contributed by atoms with Gasteiger partial charge in [0.25, 0.3) is 0 Å². The molecule has 0 radical (unpaired) electrons. The van der Waals surface area contributed by atoms with Crippen molar-refractivity contribution in [3.8, 4) is 6.07 Å². The second kappa shape index (κ2) is 7.13. The van der Waals surface area contributed by atoms with Gasteiger partial charge in [0.05, 0.1) is 17.3 Å². The molecule has 144 valence electrons. The number of benzene rings is 1. The summed E-state index contributed by atoms with van der Waals surface area (Å²) in [5.41, 5.74) is 2.60. The van der Waals surface area contributed by atoms with Crippen molar-refractivity contribution >= 4 is 11.3 Å². The first-order chi connectivity index (χ1) is 13.4. The van der Waals surface area contributed by atoms with Crippen LogP contribution in [0.4, 0.5) is 18.9 Å². The number of fused-ring (bicyclic) bond motifs is 1. The molecule has 1 aliphatic rings. The minimum absolute atomic E-state index is 0.173. The number of alkyl halides is 3. The molecule has 0 atom stereocenters. The van der Waals surface area contributed by atoms with E-state index in [1.54, 1.807) is 18.2 Å². The quantitative estimate of drug-likeness (QED) is 0.693. The van der Waals surface area contributed by atoms with Crippen molar-refractivity contribution in [2.75, 3.05) is 31.1 Å². The summed E-state index contributed by atoms with van der Waals surface area (Å²) in [5, 5.41) is 15.9. The van der Waals surface area contributed by atoms with Crippen LogP contribution in [0.5, 0.6) is 0 Å². The predicted octanol–water partition coefficient (Wildman–Crippen LogP) is 2.94. The van der Waals surface area contributed by atoms with Gasteiger partial charge in [0.1, 0.15) is 0 Å². The second-order valence-electron chi connectivity index (χ2n) is 6.71. The molecular weight excluding hydrogens is 369 g/mol. The molecule has 0 unspecified atom stereocenters. The third kappa shape index (κ3) is 3.64. The van der Waals surface area contributed by atoms with E-state index in [0.717, 1.165) is 29.6 Å². The van der Waals surface area contributed by atoms with Gasteiger partial charge in [-0.1, -0.05) is 12.1 Å². The van der Waals surface area contributed by atoms with Gasteiger partial charge in [-0.25, -0.2) is 0 Å². The van der Waals surface area contributed by atoms with Crippen LogP contribution in [0.25, 0.3) is 5.65 Å². The Morgan fingerprint density at radius 1 is 1.04 bits per heavy atom. The predicted molar refractivity (Wildman–Crippen MR) is 96.6 cm³/mol. The zero-order chi connectivity index (χ0) is 19.7. The van der Waals surface area contributed by atoms with E-state index in [9.17, 15) is 13.2 Å². The molecule has 1 aliphatic heterocycles. The lowest BCUT2D eigenvalue weighted by Crippen LogP contribution is -2.46. The monoisotopic (exact) mass is 386 g/mol. The lowest BCUT2D eigenvalue weighted by atomic mass is 10.1. The normalized spacial score (nSPS) is 15.7. The first kappa shape index (κ1) is 18.3. The molecule has 0 spiro atoms. The highest BCUT2D eigenvalue weighted by atomic mass is 19.4. The van der Waals surface area contributed by atoms with Crippen molar-refractivity contribution in [3.63, 3.8) is 0 Å². The summed E-state index contributed by atoms with van der Waals surface area (Å²) < 4.78 is 40.2. The van der Waals surface area contributed by atoms with Crippen LogP contribution in [0.3, 0.4) is 0 Å². The van der Waals surface area contributed by atoms with Crippen molar-refractivity contribution in [2.45, 2.75) is 12.7 Å². The number of piperazine rings is 1. The zero-order valence-corrected chi connectivity index (χ0v) is 14.9. The molecule has 0 aliphatic carbocycles. The molecule has 28 heavy (non-hydrogen) atoms. The van der Waals surface area contributed by atoms with Crippen molar-refractivity contribution in [1.29, 1.82) is 5.26 Å². The fourth-order valence-electron chi connectivity index (χ4n) is 3.42. The molecule has 9 heteroatoms. The highest BCUT2D eigenvalue weighted by Crippen LogP contribution is 2.29. The van der Waals surface area contributed by atoms with Crippen LogP contribution in [0.15, 0.2) is 42.6 Å². The van der Waals surface area contributed by atoms with E-state index >= 15 is 0 Å². The fourth-order valence-corrected chi connectivity index (χ4v) is 3.42. The molecule has 1 saturated heterocycles. The number of hydrogen-bond donors (Lipinski definition) is 0. The highest BCUT2D eigenvalue weighted by Gasteiger charge is 2.37. The number of anilines is 1. The van der Waals surface area contributed by atoms with Gasteiger partial charge in [-0.15, -0.1) is 10.2 Å². The molecule has 3 heterocycles. The summed E-state index contributed by atoms with van der Waals surface area (Å²) in [7, 11) is 0. The number of rotatable bonds is 3. The average Bonchev–Trinajstić information content (AvgIpc) is 3.12. The molecule has 0 amide bonds. The standard InChI is InChI=1S/C19H17F3N6/c20-19(21,22)18-25-24-17-5-4-16(13-28(17)18)27-8-6-26(7-9-27)12-15-3-1-2-14(10-15)11-23/h1-5,10,13H,6-9,12H2. The van der Waals surface area contributed by atoms with Crippen LogP contribution in [0, 0.1) is 11.3 Å². The first-order valence-electron chi connectivity index (χ1n) is 8.82. The van der Waals surface area contributed by atoms with Crippen LogP contribution < -0.4 is 4.90 Å². The van der Waals surface area contributed by atoms with Gasteiger partial charge in [-0.05, 0) is 29.8 Å². The summed E-state index contributed by atoms with van der Waals surface area (Å²) in [4.78, 5) is 4.33. The molecule has 1 fully saturated rings. The molecular formula is C19H17F3N6. The lowest BCUT2D eigenvalue weighted by molar-refractivity contribution is -0.145. The van der Waals surface area contributed by atoms with Crippen molar-refractivity contribution < 1.29 is 13.2 Å². The Morgan fingerprint density at radius 3 is 2.54 bits per heavy atom. The SMILES string of the molecule is N#Cc1cccc(CN2CCN(c3ccc4nnc(C(F)(F)F)n4c3)CC2)c1. The van der Waals surface area contributed by atoms with E-state index < -0.39 is 12.0 Å². The van der Waals surface area contributed by atoms with E-state index in [1.165, 1.54) is 6.20 Å². The minimum atomic E-state index is -4.55. The third-order valence-corrected chi connectivity index (χ3v) is 4.84. The number of aromatic nitrogens is 3. The van der Waals surface area contributed by atoms with Crippen molar-refractivity contribution in [1.82, 2.24) is 19.5 Å². The van der Waals surface area contributed by atoms with Crippen LogP contribution in [0.2, 0.25) is 0 Å². The Kier molecular flexibility index (Phi) is 4.65. The van der Waals surface area contributed by atoms with Gasteiger partial charge >= 0.3 is 6.18 Å². The maximum atomic E-state index is 13.1. The van der Waals surface area contributed by atoms with E-state index in [1.807, 2.05) is 18.2 Å². The summed E-state index contributed by atoms with van der Waals surface area (Å²) in [6.07, 6.45) is -3.10. The van der Waals surface area contributed by atoms with Gasteiger partial charge in [0.15, 0.2) is 5.65 Å². The topological polar surface area (TPSA) is 60.5 Å². The smallest absolute Gasteiger partial charge is 0.368 e. The molecule has 4 rings (SSSR count). The molecule has 0 N–H and O–H groups in total. The van der Waals surface area contributed by atoms with Crippen molar-refractivity contribution in [2.24, 2.45) is 0 Å². The zero-order valence-electron chi connectivity index (χ0n) is 14.9. The maximum Gasteiger partial charge on any atom is 0.452 e. The summed E-state index contributed by atoms with van der Waals surface area (Å²) >= 11 is 0. The second-order valence-corrected chi connectivity index (χ2v) is 6.71. The average molecular weight is 386 g/mol. The Bertz CT molecular complexity index is 1030. The van der Waals surface area contributed by atoms with Crippen LogP contribution in [-0.4, -0.2) is 45.7 Å². The van der Waals surface area contributed by atoms with Gasteiger partial charge in [0, 0.05) is 38.9 Å². The summed E-state index contributed by atoms with van der Waals surface area (Å²) in [5.74, 6) is -1.01. The van der Waals surface area contributed by atoms with Gasteiger partial charge in [-0.2, -0.15) is 18.4 Å². The number of hydrogen-bond acceptors (Lipinski definition) is 5. The molecule has 0 bridgehead atoms. The molecule has 1 aromatic carbocycles. The van der Waals surface area contributed by atoms with E-state index in [4.69, 9.17) is 5.26 Å². The lowest BCUT2D eigenvalue weighted by Gasteiger charge is -2.36. The molecule has 0 saturated carbocycles. The van der Waals surface area contributed by atoms with Gasteiger partial charge in [0.2, 0.25) is 5.82 Å². The summed E-state index contributed by atoms with van der Waals surface area (Å²) in [6.45, 7) is 3.71. The molecule has 2 aromatic heterocycles. The third-order valence-electron chi connectivity index (χ3n) is 4.84. The van der Waals surface area contributed by atoms with Crippen LogP contribution >= 0.6 is 0 Å². The van der Waals surface area contributed by atoms with Crippen LogP contribution in [0.1, 0.15) is 17.0 Å². The Hall–Kier alpha value is -3.12. The summed E-state index contributed by atoms with van der Waals surface area (Å²) in [6, 6.07) is 13.0. The van der Waals surface area contributed by atoms with Gasteiger partial charge < -0.3 is 4.90 Å². The Labute approximate surface area is 159 Å². The maximum absolute atomic E-state index is 13.1.